The van der Waals surface area contributed by atoms with Gasteiger partial charge in [0.1, 0.15) is 12.4 Å². The van der Waals surface area contributed by atoms with Gasteiger partial charge in [0.2, 0.25) is 5.56 Å². The smallest absolute Gasteiger partial charge is 0.340 e. The molecular formula is C12H13N3O3. The largest absolute Gasteiger partial charge is 0.454 e. The number of ether oxygens (including phenoxy) is 1. The number of imidazole rings is 1. The third kappa shape index (κ3) is 2.48. The molecule has 0 saturated carbocycles. The van der Waals surface area contributed by atoms with Crippen LogP contribution >= 0.6 is 0 Å². The van der Waals surface area contributed by atoms with Crippen molar-refractivity contribution in [2.45, 2.75) is 6.61 Å². The van der Waals surface area contributed by atoms with Crippen molar-refractivity contribution < 1.29 is 9.53 Å². The van der Waals surface area contributed by atoms with Crippen molar-refractivity contribution in [1.29, 1.82) is 0 Å². The van der Waals surface area contributed by atoms with E-state index in [1.165, 1.54) is 22.9 Å². The topological polar surface area (TPSA) is 66.1 Å². The molecule has 0 atom stereocenters. The van der Waals surface area contributed by atoms with Gasteiger partial charge < -0.3 is 13.9 Å². The molecule has 2 rings (SSSR count). The highest BCUT2D eigenvalue weighted by Gasteiger charge is 2.09. The normalized spacial score (nSPS) is 10.3. The van der Waals surface area contributed by atoms with Crippen LogP contribution in [0.2, 0.25) is 0 Å². The van der Waals surface area contributed by atoms with Crippen LogP contribution in [-0.4, -0.2) is 20.1 Å². The second-order valence-electron chi connectivity index (χ2n) is 3.90. The number of pyridine rings is 1. The first-order chi connectivity index (χ1) is 8.58. The Balaban J connectivity index is 2.06. The Morgan fingerprint density at radius 2 is 2.11 bits per heavy atom. The third-order valence-corrected chi connectivity index (χ3v) is 2.57. The zero-order chi connectivity index (χ0) is 13.1. The highest BCUT2D eigenvalue weighted by Crippen LogP contribution is 2.02. The van der Waals surface area contributed by atoms with Crippen LogP contribution in [0.1, 0.15) is 16.2 Å². The van der Waals surface area contributed by atoms with E-state index in [4.69, 9.17) is 4.74 Å². The van der Waals surface area contributed by atoms with Crippen LogP contribution < -0.4 is 5.56 Å². The number of rotatable bonds is 3. The second-order valence-corrected chi connectivity index (χ2v) is 3.90. The number of aryl methyl sites for hydroxylation is 2. The number of aromatic nitrogens is 3. The Morgan fingerprint density at radius 1 is 1.33 bits per heavy atom. The fourth-order valence-corrected chi connectivity index (χ4v) is 1.46. The van der Waals surface area contributed by atoms with Crippen LogP contribution in [0.3, 0.4) is 0 Å². The molecule has 0 N–H and O–H groups in total. The molecule has 2 aromatic heterocycles. The van der Waals surface area contributed by atoms with E-state index in [1.54, 1.807) is 24.0 Å². The number of hydrogen-bond donors (Lipinski definition) is 0. The molecule has 0 amide bonds. The van der Waals surface area contributed by atoms with E-state index >= 15 is 0 Å². The molecule has 0 aliphatic carbocycles. The highest BCUT2D eigenvalue weighted by molar-refractivity contribution is 5.88. The summed E-state index contributed by atoms with van der Waals surface area (Å²) in [7, 11) is 3.40. The molecule has 18 heavy (non-hydrogen) atoms. The zero-order valence-corrected chi connectivity index (χ0v) is 10.2. The Labute approximate surface area is 103 Å². The fourth-order valence-electron chi connectivity index (χ4n) is 1.46. The summed E-state index contributed by atoms with van der Waals surface area (Å²) in [6.45, 7) is 0.102. The minimum Gasteiger partial charge on any atom is -0.454 e. The maximum absolute atomic E-state index is 11.7. The summed E-state index contributed by atoms with van der Waals surface area (Å²) in [6, 6.07) is 2.78. The lowest BCUT2D eigenvalue weighted by Gasteiger charge is -2.05. The predicted molar refractivity (Wildman–Crippen MR) is 64.0 cm³/mol. The van der Waals surface area contributed by atoms with Gasteiger partial charge in [-0.15, -0.1) is 0 Å². The molecule has 0 aliphatic heterocycles. The summed E-state index contributed by atoms with van der Waals surface area (Å²) in [5.41, 5.74) is 0.168. The molecule has 6 nitrogen and oxygen atoms in total. The van der Waals surface area contributed by atoms with Crippen LogP contribution in [0, 0.1) is 0 Å². The first-order valence-electron chi connectivity index (χ1n) is 5.38. The predicted octanol–water partition coefficient (Wildman–Crippen LogP) is 0.476. The molecule has 0 aliphatic rings. The molecule has 0 saturated heterocycles. The average Bonchev–Trinajstić information content (AvgIpc) is 2.75. The van der Waals surface area contributed by atoms with Gasteiger partial charge in [0.05, 0.1) is 5.56 Å². The van der Waals surface area contributed by atoms with E-state index in [1.807, 2.05) is 7.05 Å². The Hall–Kier alpha value is -2.37. The number of carbonyl (C=O) groups excluding carboxylic acids is 1. The summed E-state index contributed by atoms with van der Waals surface area (Å²) >= 11 is 0. The number of esters is 1. The van der Waals surface area contributed by atoms with Gasteiger partial charge in [0.15, 0.2) is 0 Å². The summed E-state index contributed by atoms with van der Waals surface area (Å²) < 4.78 is 8.21. The Bertz CT molecular complexity index is 627. The average molecular weight is 247 g/mol. The van der Waals surface area contributed by atoms with Crippen molar-refractivity contribution in [3.63, 3.8) is 0 Å². The van der Waals surface area contributed by atoms with Crippen LogP contribution in [0.15, 0.2) is 35.5 Å². The lowest BCUT2D eigenvalue weighted by molar-refractivity contribution is 0.0458. The van der Waals surface area contributed by atoms with Crippen molar-refractivity contribution in [3.05, 3.63) is 52.5 Å². The summed E-state index contributed by atoms with van der Waals surface area (Å²) in [5, 5.41) is 0. The second kappa shape index (κ2) is 4.87. The van der Waals surface area contributed by atoms with Gasteiger partial charge in [-0.05, 0) is 6.07 Å². The third-order valence-electron chi connectivity index (χ3n) is 2.57. The molecular weight excluding hydrogens is 234 g/mol. The van der Waals surface area contributed by atoms with Crippen LogP contribution in [-0.2, 0) is 25.4 Å². The molecule has 0 aromatic carbocycles. The Kier molecular flexibility index (Phi) is 3.27. The number of hydrogen-bond acceptors (Lipinski definition) is 4. The van der Waals surface area contributed by atoms with E-state index in [0.29, 0.717) is 11.4 Å². The van der Waals surface area contributed by atoms with Gasteiger partial charge >= 0.3 is 5.97 Å². The number of nitrogens with zero attached hydrogens (tertiary/aromatic N) is 3. The van der Waals surface area contributed by atoms with Crippen LogP contribution in [0.4, 0.5) is 0 Å². The summed E-state index contributed by atoms with van der Waals surface area (Å²) in [4.78, 5) is 27.0. The molecule has 0 fully saturated rings. The van der Waals surface area contributed by atoms with Gasteiger partial charge in [0, 0.05) is 38.8 Å². The summed E-state index contributed by atoms with van der Waals surface area (Å²) in [5.74, 6) is 0.182. The highest BCUT2D eigenvalue weighted by atomic mass is 16.5. The zero-order valence-electron chi connectivity index (χ0n) is 10.2. The van der Waals surface area contributed by atoms with Crippen molar-refractivity contribution in [1.82, 2.24) is 14.1 Å². The van der Waals surface area contributed by atoms with Gasteiger partial charge in [-0.25, -0.2) is 9.78 Å². The lowest BCUT2D eigenvalue weighted by Crippen LogP contribution is -2.17. The minimum absolute atomic E-state index is 0.102. The molecule has 0 spiro atoms. The number of carbonyl (C=O) groups is 1. The first kappa shape index (κ1) is 12.1. The van der Waals surface area contributed by atoms with E-state index < -0.39 is 5.97 Å². The van der Waals surface area contributed by atoms with Gasteiger partial charge in [-0.1, -0.05) is 0 Å². The lowest BCUT2D eigenvalue weighted by atomic mass is 10.3. The monoisotopic (exact) mass is 247 g/mol. The Morgan fingerprint density at radius 3 is 2.72 bits per heavy atom. The molecule has 2 heterocycles. The van der Waals surface area contributed by atoms with Crippen molar-refractivity contribution >= 4 is 5.97 Å². The molecule has 0 radical (unpaired) electrons. The van der Waals surface area contributed by atoms with Crippen LogP contribution in [0.5, 0.6) is 0 Å². The molecule has 2 aromatic rings. The first-order valence-corrected chi connectivity index (χ1v) is 5.38. The van der Waals surface area contributed by atoms with E-state index in [2.05, 4.69) is 4.98 Å². The SMILES string of the molecule is Cn1ccnc1COC(=O)c1ccc(=O)n(C)c1. The van der Waals surface area contributed by atoms with Gasteiger partial charge in [-0.3, -0.25) is 4.79 Å². The van der Waals surface area contributed by atoms with Crippen molar-refractivity contribution in [2.24, 2.45) is 14.1 Å². The van der Waals surface area contributed by atoms with E-state index in [0.717, 1.165) is 0 Å². The van der Waals surface area contributed by atoms with Crippen molar-refractivity contribution in [3.8, 4) is 0 Å². The van der Waals surface area contributed by atoms with Crippen LogP contribution in [0.25, 0.3) is 0 Å². The quantitative estimate of drug-likeness (QED) is 0.740. The summed E-state index contributed by atoms with van der Waals surface area (Å²) in [6.07, 6.45) is 4.86. The van der Waals surface area contributed by atoms with Gasteiger partial charge in [-0.2, -0.15) is 0 Å². The molecule has 94 valence electrons. The van der Waals surface area contributed by atoms with E-state index in [9.17, 15) is 9.59 Å². The maximum Gasteiger partial charge on any atom is 0.340 e. The molecule has 0 unspecified atom stereocenters. The standard InChI is InChI=1S/C12H13N3O3/c1-14-6-5-13-10(14)8-18-12(17)9-3-4-11(16)15(2)7-9/h3-7H,8H2,1-2H3. The molecule has 6 heteroatoms. The van der Waals surface area contributed by atoms with Gasteiger partial charge in [0.25, 0.3) is 0 Å². The van der Waals surface area contributed by atoms with Crippen molar-refractivity contribution in [2.75, 3.05) is 0 Å². The fraction of sp³-hybridized carbons (Fsp3) is 0.250. The molecule has 0 bridgehead atoms. The minimum atomic E-state index is -0.478. The maximum atomic E-state index is 11.7. The van der Waals surface area contributed by atoms with E-state index in [-0.39, 0.29) is 12.2 Å².